The van der Waals surface area contributed by atoms with Gasteiger partial charge in [0.25, 0.3) is 5.91 Å². The normalized spacial score (nSPS) is 22.4. The van der Waals surface area contributed by atoms with E-state index in [0.29, 0.717) is 22.8 Å². The number of nitrogens with one attached hydrogen (secondary N) is 1. The largest absolute Gasteiger partial charge is 0.376 e. The Balaban J connectivity index is 1.61. The molecular formula is C23H27ClN4O3S. The molecule has 0 aliphatic carbocycles. The summed E-state index contributed by atoms with van der Waals surface area (Å²) >= 11 is 7.59. The number of allylic oxidation sites excluding steroid dienone is 1. The molecular weight excluding hydrogens is 448 g/mol. The predicted octanol–water partition coefficient (Wildman–Crippen LogP) is 3.69. The molecule has 3 aliphatic heterocycles. The van der Waals surface area contributed by atoms with Crippen molar-refractivity contribution in [3.8, 4) is 0 Å². The molecule has 0 radical (unpaired) electrons. The van der Waals surface area contributed by atoms with E-state index in [1.807, 2.05) is 41.5 Å². The van der Waals surface area contributed by atoms with Crippen molar-refractivity contribution in [3.05, 3.63) is 57.2 Å². The second-order valence-corrected chi connectivity index (χ2v) is 9.53. The van der Waals surface area contributed by atoms with Crippen LogP contribution in [-0.4, -0.2) is 60.1 Å². The molecule has 1 saturated heterocycles. The Bertz CT molecular complexity index is 997. The van der Waals surface area contributed by atoms with E-state index in [2.05, 4.69) is 5.32 Å². The Morgan fingerprint density at radius 2 is 2.06 bits per heavy atom. The lowest BCUT2D eigenvalue weighted by Gasteiger charge is -2.37. The third kappa shape index (κ3) is 4.72. The second kappa shape index (κ2) is 9.68. The number of nitrogens with zero attached hydrogens (tertiary/aromatic N) is 3. The van der Waals surface area contributed by atoms with E-state index >= 15 is 0 Å². The maximum absolute atomic E-state index is 13.2. The number of hydrogen-bond acceptors (Lipinski definition) is 6. The van der Waals surface area contributed by atoms with Crippen LogP contribution in [0.15, 0.2) is 51.6 Å². The summed E-state index contributed by atoms with van der Waals surface area (Å²) in [4.78, 5) is 34.1. The molecule has 3 heterocycles. The predicted molar refractivity (Wildman–Crippen MR) is 127 cm³/mol. The topological polar surface area (TPSA) is 74.2 Å². The van der Waals surface area contributed by atoms with E-state index in [9.17, 15) is 9.59 Å². The minimum Gasteiger partial charge on any atom is -0.376 e. The van der Waals surface area contributed by atoms with Gasteiger partial charge in [0.1, 0.15) is 0 Å². The molecule has 170 valence electrons. The van der Waals surface area contributed by atoms with Crippen molar-refractivity contribution in [3.63, 3.8) is 0 Å². The third-order valence-corrected chi connectivity index (χ3v) is 6.86. The van der Waals surface area contributed by atoms with Crippen molar-refractivity contribution in [2.75, 3.05) is 27.2 Å². The number of halogens is 1. The quantitative estimate of drug-likeness (QED) is 0.680. The van der Waals surface area contributed by atoms with Crippen molar-refractivity contribution < 1.29 is 14.3 Å². The van der Waals surface area contributed by atoms with E-state index in [4.69, 9.17) is 21.3 Å². The monoisotopic (exact) mass is 474 g/mol. The Kier molecular flexibility index (Phi) is 6.93. The van der Waals surface area contributed by atoms with Crippen LogP contribution in [0.2, 0.25) is 5.02 Å². The zero-order valence-electron chi connectivity index (χ0n) is 18.4. The van der Waals surface area contributed by atoms with Crippen LogP contribution >= 0.6 is 23.4 Å². The van der Waals surface area contributed by atoms with Gasteiger partial charge in [-0.3, -0.25) is 9.59 Å². The molecule has 1 N–H and O–H groups in total. The maximum Gasteiger partial charge on any atom is 0.253 e. The molecule has 9 heteroatoms. The van der Waals surface area contributed by atoms with Crippen LogP contribution in [0.1, 0.15) is 37.8 Å². The minimum atomic E-state index is -0.387. The first-order valence-corrected chi connectivity index (χ1v) is 11.9. The maximum atomic E-state index is 13.2. The average Bonchev–Trinajstić information content (AvgIpc) is 3.41. The smallest absolute Gasteiger partial charge is 0.253 e. The molecule has 0 spiro atoms. The standard InChI is InChI=1S/C23H27ClN4O3S/c1-14-20(22(30)27(2)3)21(15-6-8-16(24)9-7-15)28-17(13-32-23(28)26-14)11-19(29)25-12-18-5-4-10-31-18/h6-9,13,18,21H,4-5,10-12H2,1-3H3,(H,25,29)/t18-,21+/m0/s1. The van der Waals surface area contributed by atoms with E-state index in [1.165, 1.54) is 11.8 Å². The fourth-order valence-electron chi connectivity index (χ4n) is 4.10. The number of ether oxygens (including phenoxy) is 1. The van der Waals surface area contributed by atoms with Gasteiger partial charge in [0.15, 0.2) is 5.17 Å². The van der Waals surface area contributed by atoms with Gasteiger partial charge in [-0.1, -0.05) is 35.5 Å². The van der Waals surface area contributed by atoms with Crippen LogP contribution in [0, 0.1) is 0 Å². The van der Waals surface area contributed by atoms with E-state index in [0.717, 1.165) is 35.9 Å². The molecule has 32 heavy (non-hydrogen) atoms. The molecule has 1 aromatic carbocycles. The Morgan fingerprint density at radius 1 is 1.31 bits per heavy atom. The summed E-state index contributed by atoms with van der Waals surface area (Å²) in [5.74, 6) is -0.181. The van der Waals surface area contributed by atoms with Gasteiger partial charge < -0.3 is 19.9 Å². The molecule has 3 aliphatic rings. The highest BCUT2D eigenvalue weighted by Crippen LogP contribution is 2.45. The average molecular weight is 475 g/mol. The number of carbonyl (C=O) groups is 2. The van der Waals surface area contributed by atoms with Gasteiger partial charge in [-0.25, -0.2) is 4.99 Å². The van der Waals surface area contributed by atoms with Gasteiger partial charge in [-0.05, 0) is 42.9 Å². The Morgan fingerprint density at radius 3 is 2.72 bits per heavy atom. The summed E-state index contributed by atoms with van der Waals surface area (Å²) in [5.41, 5.74) is 3.00. The first-order valence-electron chi connectivity index (χ1n) is 10.6. The van der Waals surface area contributed by atoms with Crippen molar-refractivity contribution in [2.24, 2.45) is 4.99 Å². The molecule has 2 amide bonds. The van der Waals surface area contributed by atoms with Gasteiger partial charge in [-0.15, -0.1) is 0 Å². The molecule has 0 unspecified atom stereocenters. The zero-order valence-corrected chi connectivity index (χ0v) is 20.0. The fourth-order valence-corrected chi connectivity index (χ4v) is 5.19. The van der Waals surface area contributed by atoms with E-state index in [1.54, 1.807) is 19.0 Å². The molecule has 7 nitrogen and oxygen atoms in total. The Hall–Kier alpha value is -2.29. The number of amidine groups is 1. The lowest BCUT2D eigenvalue weighted by atomic mass is 9.93. The van der Waals surface area contributed by atoms with Crippen LogP contribution in [0.4, 0.5) is 0 Å². The summed E-state index contributed by atoms with van der Waals surface area (Å²) in [5, 5.41) is 6.32. The summed E-state index contributed by atoms with van der Waals surface area (Å²) in [6.45, 7) is 3.13. The van der Waals surface area contributed by atoms with Gasteiger partial charge in [-0.2, -0.15) is 0 Å². The second-order valence-electron chi connectivity index (χ2n) is 8.26. The van der Waals surface area contributed by atoms with Gasteiger partial charge in [0, 0.05) is 38.0 Å². The molecule has 4 rings (SSSR count). The fraction of sp³-hybridized carbons (Fsp3) is 0.435. The summed E-state index contributed by atoms with van der Waals surface area (Å²) in [6.07, 6.45) is 2.30. The van der Waals surface area contributed by atoms with Crippen LogP contribution in [-0.2, 0) is 14.3 Å². The lowest BCUT2D eigenvalue weighted by molar-refractivity contribution is -0.125. The number of rotatable bonds is 6. The van der Waals surface area contributed by atoms with E-state index < -0.39 is 0 Å². The van der Waals surface area contributed by atoms with Crippen molar-refractivity contribution >= 4 is 40.3 Å². The van der Waals surface area contributed by atoms with Gasteiger partial charge in [0.2, 0.25) is 5.91 Å². The molecule has 0 aromatic heterocycles. The highest BCUT2D eigenvalue weighted by Gasteiger charge is 2.40. The van der Waals surface area contributed by atoms with Crippen LogP contribution < -0.4 is 5.32 Å². The number of thioether (sulfide) groups is 1. The van der Waals surface area contributed by atoms with Crippen molar-refractivity contribution in [1.29, 1.82) is 0 Å². The number of aliphatic imine (C=N–C) groups is 1. The van der Waals surface area contributed by atoms with Crippen LogP contribution in [0.5, 0.6) is 0 Å². The minimum absolute atomic E-state index is 0.0739. The number of benzene rings is 1. The summed E-state index contributed by atoms with van der Waals surface area (Å²) in [7, 11) is 3.46. The van der Waals surface area contributed by atoms with Gasteiger partial charge in [0.05, 0.1) is 29.8 Å². The van der Waals surface area contributed by atoms with Crippen LogP contribution in [0.3, 0.4) is 0 Å². The SMILES string of the molecule is CC1=C(C(=O)N(C)C)[C@@H](c2ccc(Cl)cc2)N2C(CC(=O)NC[C@@H]3CCCO3)=CSC2=N1. The molecule has 1 aromatic rings. The molecule has 0 saturated carbocycles. The summed E-state index contributed by atoms with van der Waals surface area (Å²) < 4.78 is 5.60. The third-order valence-electron chi connectivity index (χ3n) is 5.72. The molecule has 2 atom stereocenters. The first kappa shape index (κ1) is 22.9. The highest BCUT2D eigenvalue weighted by atomic mass is 35.5. The first-order chi connectivity index (χ1) is 15.3. The highest BCUT2D eigenvalue weighted by molar-refractivity contribution is 8.16. The number of carbonyl (C=O) groups excluding carboxylic acids is 2. The van der Waals surface area contributed by atoms with Crippen molar-refractivity contribution in [1.82, 2.24) is 15.1 Å². The zero-order chi connectivity index (χ0) is 22.8. The summed E-state index contributed by atoms with van der Waals surface area (Å²) in [6, 6.07) is 7.09. The molecule has 1 fully saturated rings. The number of fused-ring (bicyclic) bond motifs is 1. The number of hydrogen-bond donors (Lipinski definition) is 1. The van der Waals surface area contributed by atoms with E-state index in [-0.39, 0.29) is 30.4 Å². The molecule has 0 bridgehead atoms. The van der Waals surface area contributed by atoms with Gasteiger partial charge >= 0.3 is 0 Å². The van der Waals surface area contributed by atoms with Crippen LogP contribution in [0.25, 0.3) is 0 Å². The lowest BCUT2D eigenvalue weighted by Crippen LogP contribution is -2.40. The Labute approximate surface area is 197 Å². The van der Waals surface area contributed by atoms with Crippen molar-refractivity contribution in [2.45, 2.75) is 38.3 Å². The number of likely N-dealkylation sites (N-methyl/N-ethyl adjacent to an activating group) is 1. The number of amides is 2.